The third-order valence-electron chi connectivity index (χ3n) is 12.6. The van der Waals surface area contributed by atoms with E-state index < -0.39 is 68.7 Å². The van der Waals surface area contributed by atoms with Gasteiger partial charge in [-0.15, -0.1) is 0 Å². The molecule has 3 aliphatic carbocycles. The normalized spacial score (nSPS) is 26.1. The molecule has 9 rings (SSSR count). The van der Waals surface area contributed by atoms with Crippen LogP contribution in [-0.2, 0) is 29.1 Å². The summed E-state index contributed by atoms with van der Waals surface area (Å²) in [5.74, 6) is -1.49. The van der Waals surface area contributed by atoms with Gasteiger partial charge in [-0.05, 0) is 76.3 Å². The first-order valence-corrected chi connectivity index (χ1v) is 23.0. The van der Waals surface area contributed by atoms with Crippen LogP contribution in [0.1, 0.15) is 83.5 Å². The molecule has 2 aromatic carbocycles. The average Bonchev–Trinajstić information content (AvgIpc) is 4.06. The lowest BCUT2D eigenvalue weighted by molar-refractivity contribution is -0.141. The minimum Gasteiger partial charge on any atom is -0.494 e. The Bertz CT molecular complexity index is 2480. The number of ether oxygens (including phenoxy) is 3. The van der Waals surface area contributed by atoms with E-state index in [-0.39, 0.29) is 25.5 Å². The molecule has 61 heavy (non-hydrogen) atoms. The van der Waals surface area contributed by atoms with Crippen molar-refractivity contribution < 1.29 is 41.8 Å². The second kappa shape index (κ2) is 16.6. The number of allylic oxidation sites excluding steroid dienone is 1. The van der Waals surface area contributed by atoms with Crippen molar-refractivity contribution in [1.29, 1.82) is 0 Å². The van der Waals surface area contributed by atoms with Crippen LogP contribution in [0, 0.1) is 5.92 Å². The van der Waals surface area contributed by atoms with E-state index in [4.69, 9.17) is 24.3 Å². The van der Waals surface area contributed by atoms with Gasteiger partial charge in [0.1, 0.15) is 41.1 Å². The quantitative estimate of drug-likeness (QED) is 0.193. The lowest BCUT2D eigenvalue weighted by Gasteiger charge is -2.30. The van der Waals surface area contributed by atoms with Gasteiger partial charge in [-0.1, -0.05) is 61.4 Å². The maximum absolute atomic E-state index is 14.8. The predicted octanol–water partition coefficient (Wildman–Crippen LogP) is 4.95. The van der Waals surface area contributed by atoms with Crippen LogP contribution < -0.4 is 24.8 Å². The van der Waals surface area contributed by atoms with Gasteiger partial charge in [0.2, 0.25) is 27.7 Å². The van der Waals surface area contributed by atoms with Crippen molar-refractivity contribution in [3.8, 4) is 22.9 Å². The third kappa shape index (κ3) is 8.36. The summed E-state index contributed by atoms with van der Waals surface area (Å²) in [6, 6.07) is 14.8. The highest BCUT2D eigenvalue weighted by Gasteiger charge is 2.62. The Morgan fingerprint density at radius 1 is 0.934 bits per heavy atom. The van der Waals surface area contributed by atoms with Gasteiger partial charge in [0.25, 0.3) is 5.91 Å². The fourth-order valence-corrected chi connectivity index (χ4v) is 10.4. The molecule has 1 saturated heterocycles. The zero-order valence-corrected chi connectivity index (χ0v) is 34.9. The number of rotatable bonds is 9. The van der Waals surface area contributed by atoms with E-state index in [1.165, 1.54) is 4.90 Å². The monoisotopic (exact) mass is 853 g/mol. The highest BCUT2D eigenvalue weighted by molar-refractivity contribution is 7.91. The lowest BCUT2D eigenvalue weighted by atomic mass is 10.0. The second-order valence-electron chi connectivity index (χ2n) is 16.9. The van der Waals surface area contributed by atoms with Gasteiger partial charge in [0.15, 0.2) is 5.65 Å². The van der Waals surface area contributed by atoms with Gasteiger partial charge in [0, 0.05) is 24.0 Å². The van der Waals surface area contributed by atoms with Crippen molar-refractivity contribution in [2.45, 2.75) is 119 Å². The van der Waals surface area contributed by atoms with Gasteiger partial charge in [0.05, 0.1) is 30.0 Å². The van der Waals surface area contributed by atoms with E-state index in [1.807, 2.05) is 60.7 Å². The molecule has 0 spiro atoms. The molecule has 5 aliphatic rings. The number of nitrogens with zero attached hydrogens (tertiary/aromatic N) is 4. The topological polar surface area (TPSA) is 200 Å². The van der Waals surface area contributed by atoms with Crippen LogP contribution in [0.25, 0.3) is 27.8 Å². The number of carbonyl (C=O) groups excluding carboxylic acids is 4. The van der Waals surface area contributed by atoms with Crippen LogP contribution in [0.2, 0.25) is 0 Å². The largest absolute Gasteiger partial charge is 0.494 e. The van der Waals surface area contributed by atoms with E-state index in [9.17, 15) is 27.6 Å². The van der Waals surface area contributed by atoms with E-state index in [0.717, 1.165) is 49.5 Å². The number of hydrogen-bond donors (Lipinski definition) is 3. The van der Waals surface area contributed by atoms with Crippen LogP contribution in [0.4, 0.5) is 4.79 Å². The Balaban J connectivity index is 1.06. The van der Waals surface area contributed by atoms with Gasteiger partial charge in [-0.2, -0.15) is 9.61 Å². The van der Waals surface area contributed by atoms with Crippen molar-refractivity contribution in [3.63, 3.8) is 0 Å². The number of benzene rings is 2. The fraction of sp³-hybridized carbons (Fsp3) is 0.500. The van der Waals surface area contributed by atoms with E-state index in [1.54, 1.807) is 17.7 Å². The van der Waals surface area contributed by atoms with E-state index >= 15 is 0 Å². The van der Waals surface area contributed by atoms with E-state index in [0.29, 0.717) is 60.6 Å². The summed E-state index contributed by atoms with van der Waals surface area (Å²) >= 11 is 0. The zero-order valence-electron chi connectivity index (χ0n) is 34.1. The molecule has 322 valence electrons. The van der Waals surface area contributed by atoms with Crippen LogP contribution in [0.5, 0.6) is 11.6 Å². The molecule has 0 bridgehead atoms. The number of nitrogens with one attached hydrogen (secondary N) is 3. The summed E-state index contributed by atoms with van der Waals surface area (Å²) in [7, 11) is -2.35. The molecule has 4 aromatic rings. The summed E-state index contributed by atoms with van der Waals surface area (Å²) in [6.45, 7) is -0.0417. The predicted molar refractivity (Wildman–Crippen MR) is 224 cm³/mol. The van der Waals surface area contributed by atoms with Crippen LogP contribution in [0.3, 0.4) is 0 Å². The van der Waals surface area contributed by atoms with Gasteiger partial charge >= 0.3 is 6.09 Å². The number of hydrogen-bond acceptors (Lipinski definition) is 11. The number of sulfonamides is 1. The number of carbonyl (C=O) groups is 4. The molecular weight excluding hydrogens is 803 g/mol. The van der Waals surface area contributed by atoms with Crippen molar-refractivity contribution in [2.75, 3.05) is 13.7 Å². The van der Waals surface area contributed by atoms with Crippen molar-refractivity contribution in [3.05, 3.63) is 66.7 Å². The molecule has 4 heterocycles. The molecule has 17 heteroatoms. The molecule has 16 nitrogen and oxygen atoms in total. The molecule has 2 aliphatic heterocycles. The van der Waals surface area contributed by atoms with Crippen LogP contribution in [0.15, 0.2) is 66.7 Å². The number of fused-ring (bicyclic) bond motifs is 5. The average molecular weight is 854 g/mol. The van der Waals surface area contributed by atoms with Gasteiger partial charge in [-0.3, -0.25) is 19.1 Å². The lowest BCUT2D eigenvalue weighted by Crippen LogP contribution is -2.58. The SMILES string of the molecule is COc1cccc2c1nn1c(O[C@@H]3C[C@H]4C(=O)N[C@]5(C(=O)NS(=O)(=O)C6CC6)C[C@H]5C=CCCCCC[C@H](NC(=O)OC5CCCC5)C(=O)N4C3)cc(-c3ccccc3)nc21. The Hall–Kier alpha value is -5.71. The number of methoxy groups -OCH3 is 1. The fourth-order valence-electron chi connectivity index (χ4n) is 9.01. The first kappa shape index (κ1) is 40.7. The highest BCUT2D eigenvalue weighted by Crippen LogP contribution is 2.46. The summed E-state index contributed by atoms with van der Waals surface area (Å²) in [4.78, 5) is 63.0. The minimum atomic E-state index is -3.92. The Morgan fingerprint density at radius 2 is 1.72 bits per heavy atom. The minimum absolute atomic E-state index is 0.0178. The van der Waals surface area contributed by atoms with Gasteiger partial charge < -0.3 is 29.7 Å². The summed E-state index contributed by atoms with van der Waals surface area (Å²) in [6.07, 6.45) is 9.97. The van der Waals surface area contributed by atoms with E-state index in [2.05, 4.69) is 15.4 Å². The first-order chi connectivity index (χ1) is 29.5. The molecule has 2 aromatic heterocycles. The second-order valence-corrected chi connectivity index (χ2v) is 18.9. The summed E-state index contributed by atoms with van der Waals surface area (Å²) in [5.41, 5.74) is 1.00. The standard InChI is InChI=1S/C44H51N7O9S/c1-58-36-20-12-18-32-38(36)48-51-37(24-34(45-39(32)51)27-13-6-5-7-14-27)59-30-23-35-40(52)47-44(42(54)49-61(56,57)31-21-22-31)25-28(44)15-8-3-2-4-9-19-33(41(53)50(35)26-30)46-43(55)60-29-16-10-11-17-29/h5-8,12-15,18,20,24,28-31,33,35H,2-4,9-11,16-17,19,21-23,25-26H2,1H3,(H,46,55)(H,47,52)(H,49,54)/t28-,30-,33+,35+,44-/m1/s1. The molecule has 4 amide bonds. The smallest absolute Gasteiger partial charge is 0.408 e. The van der Waals surface area contributed by atoms with Crippen molar-refractivity contribution in [1.82, 2.24) is 34.9 Å². The maximum atomic E-state index is 14.8. The van der Waals surface area contributed by atoms with Gasteiger partial charge in [-0.25, -0.2) is 18.2 Å². The molecule has 0 unspecified atom stereocenters. The zero-order chi connectivity index (χ0) is 42.3. The summed E-state index contributed by atoms with van der Waals surface area (Å²) in [5, 5.41) is 10.7. The molecule has 5 atom stereocenters. The van der Waals surface area contributed by atoms with Crippen LogP contribution >= 0.6 is 0 Å². The maximum Gasteiger partial charge on any atom is 0.408 e. The molecule has 4 fully saturated rings. The van der Waals surface area contributed by atoms with Crippen molar-refractivity contribution in [2.24, 2.45) is 5.92 Å². The number of aromatic nitrogens is 3. The molecule has 0 radical (unpaired) electrons. The first-order valence-electron chi connectivity index (χ1n) is 21.4. The number of amides is 4. The molecular formula is C44H51N7O9S. The van der Waals surface area contributed by atoms with Crippen LogP contribution in [-0.4, -0.2) is 100 Å². The highest BCUT2D eigenvalue weighted by atomic mass is 32.2. The molecule has 3 N–H and O–H groups in total. The Morgan fingerprint density at radius 3 is 2.49 bits per heavy atom. The Kier molecular flexibility index (Phi) is 11.1. The summed E-state index contributed by atoms with van der Waals surface area (Å²) < 4.78 is 47.9. The third-order valence-corrected chi connectivity index (χ3v) is 14.4. The number of alkyl carbamates (subject to hydrolysis) is 1. The van der Waals surface area contributed by atoms with Crippen molar-refractivity contribution >= 4 is 50.4 Å². The molecule has 3 saturated carbocycles. The Labute approximate surface area is 353 Å².